The molecule has 1 amide bonds. The van der Waals surface area contributed by atoms with Gasteiger partial charge in [-0.25, -0.2) is 0 Å². The number of nitrogens with two attached hydrogens (primary N) is 1. The van der Waals surface area contributed by atoms with Crippen LogP contribution in [0.2, 0.25) is 0 Å². The Morgan fingerprint density at radius 3 is 2.61 bits per heavy atom. The molecule has 1 saturated carbocycles. The molecule has 0 bridgehead atoms. The molecule has 18 heavy (non-hydrogen) atoms. The zero-order chi connectivity index (χ0) is 13.1. The van der Waals surface area contributed by atoms with Crippen LogP contribution in [0.3, 0.4) is 0 Å². The van der Waals surface area contributed by atoms with Crippen LogP contribution < -0.4 is 5.73 Å². The minimum absolute atomic E-state index is 0.373. The van der Waals surface area contributed by atoms with Crippen LogP contribution in [0.4, 0.5) is 0 Å². The van der Waals surface area contributed by atoms with E-state index in [-0.39, 0.29) is 0 Å². The Morgan fingerprint density at radius 1 is 1.22 bits per heavy atom. The summed E-state index contributed by atoms with van der Waals surface area (Å²) in [7, 11) is 0. The average Bonchev–Trinajstić information content (AvgIpc) is 2.70. The van der Waals surface area contributed by atoms with Gasteiger partial charge in [-0.1, -0.05) is 19.8 Å². The van der Waals surface area contributed by atoms with E-state index in [9.17, 15) is 4.79 Å². The highest BCUT2D eigenvalue weighted by atomic mass is 16.2. The number of carbonyl (C=O) groups excluding carboxylic acids is 1. The molecule has 1 aliphatic carbocycles. The second-order valence-electron chi connectivity index (χ2n) is 6.57. The van der Waals surface area contributed by atoms with E-state index in [1.165, 1.54) is 25.7 Å². The largest absolute Gasteiger partial charge is 0.340 e. The molecule has 0 aromatic carbocycles. The molecule has 4 atom stereocenters. The van der Waals surface area contributed by atoms with Gasteiger partial charge >= 0.3 is 0 Å². The highest BCUT2D eigenvalue weighted by Crippen LogP contribution is 2.32. The van der Waals surface area contributed by atoms with Crippen LogP contribution in [0.5, 0.6) is 0 Å². The molecule has 1 aliphatic heterocycles. The first kappa shape index (κ1) is 13.9. The number of rotatable bonds is 3. The molecule has 2 rings (SSSR count). The first-order chi connectivity index (χ1) is 8.60. The van der Waals surface area contributed by atoms with Gasteiger partial charge in [-0.2, -0.15) is 0 Å². The van der Waals surface area contributed by atoms with Crippen LogP contribution in [-0.4, -0.2) is 29.9 Å². The van der Waals surface area contributed by atoms with E-state index in [2.05, 4.69) is 18.7 Å². The van der Waals surface area contributed by atoms with E-state index in [4.69, 9.17) is 5.73 Å². The highest BCUT2D eigenvalue weighted by Gasteiger charge is 2.33. The minimum Gasteiger partial charge on any atom is -0.340 e. The van der Waals surface area contributed by atoms with Gasteiger partial charge in [-0.3, -0.25) is 4.79 Å². The lowest BCUT2D eigenvalue weighted by Gasteiger charge is -2.29. The maximum Gasteiger partial charge on any atom is 0.223 e. The molecule has 104 valence electrons. The standard InChI is InChI=1S/C15H28N2O/c1-11-4-3-5-13(6-11)8-15(18)17-10-14(9-16)7-12(17)2/h11-14H,3-10,16H2,1-2H3. The fraction of sp³-hybridized carbons (Fsp3) is 0.933. The maximum atomic E-state index is 12.4. The Bertz CT molecular complexity index is 292. The van der Waals surface area contributed by atoms with Crippen molar-refractivity contribution in [1.29, 1.82) is 0 Å². The number of amides is 1. The smallest absolute Gasteiger partial charge is 0.223 e. The normalized spacial score (nSPS) is 36.9. The number of hydrogen-bond acceptors (Lipinski definition) is 2. The second-order valence-corrected chi connectivity index (χ2v) is 6.57. The molecule has 0 aromatic rings. The molecule has 2 fully saturated rings. The third-order valence-corrected chi connectivity index (χ3v) is 4.82. The van der Waals surface area contributed by atoms with E-state index < -0.39 is 0 Å². The van der Waals surface area contributed by atoms with Gasteiger partial charge in [0.15, 0.2) is 0 Å². The summed E-state index contributed by atoms with van der Waals surface area (Å²) in [6.07, 6.45) is 7.00. The summed E-state index contributed by atoms with van der Waals surface area (Å²) in [6, 6.07) is 0.395. The van der Waals surface area contributed by atoms with Gasteiger partial charge in [0, 0.05) is 19.0 Å². The Morgan fingerprint density at radius 2 is 2.00 bits per heavy atom. The van der Waals surface area contributed by atoms with Crippen LogP contribution >= 0.6 is 0 Å². The summed E-state index contributed by atoms with van der Waals surface area (Å²) >= 11 is 0. The summed E-state index contributed by atoms with van der Waals surface area (Å²) in [5.41, 5.74) is 5.72. The van der Waals surface area contributed by atoms with Crippen molar-refractivity contribution in [2.45, 2.75) is 58.4 Å². The van der Waals surface area contributed by atoms with Crippen LogP contribution in [0.15, 0.2) is 0 Å². The van der Waals surface area contributed by atoms with Crippen molar-refractivity contribution in [3.63, 3.8) is 0 Å². The molecular weight excluding hydrogens is 224 g/mol. The number of likely N-dealkylation sites (tertiary alicyclic amines) is 1. The summed E-state index contributed by atoms with van der Waals surface area (Å²) in [6.45, 7) is 6.09. The van der Waals surface area contributed by atoms with E-state index in [0.717, 1.165) is 25.3 Å². The predicted octanol–water partition coefficient (Wildman–Crippen LogP) is 2.40. The van der Waals surface area contributed by atoms with Gasteiger partial charge in [0.25, 0.3) is 0 Å². The van der Waals surface area contributed by atoms with Crippen molar-refractivity contribution >= 4 is 5.91 Å². The second kappa shape index (κ2) is 6.05. The predicted molar refractivity (Wildman–Crippen MR) is 74.1 cm³/mol. The Labute approximate surface area is 111 Å². The van der Waals surface area contributed by atoms with E-state index in [0.29, 0.717) is 30.3 Å². The van der Waals surface area contributed by atoms with Crippen molar-refractivity contribution < 1.29 is 4.79 Å². The lowest BCUT2D eigenvalue weighted by molar-refractivity contribution is -0.133. The third-order valence-electron chi connectivity index (χ3n) is 4.82. The molecule has 0 radical (unpaired) electrons. The van der Waals surface area contributed by atoms with E-state index >= 15 is 0 Å². The first-order valence-electron chi connectivity index (χ1n) is 7.59. The third kappa shape index (κ3) is 3.25. The number of carbonyl (C=O) groups is 1. The van der Waals surface area contributed by atoms with Crippen molar-refractivity contribution in [3.8, 4) is 0 Å². The summed E-state index contributed by atoms with van der Waals surface area (Å²) < 4.78 is 0. The van der Waals surface area contributed by atoms with Gasteiger partial charge in [0.1, 0.15) is 0 Å². The Hall–Kier alpha value is -0.570. The van der Waals surface area contributed by atoms with Gasteiger partial charge < -0.3 is 10.6 Å². The fourth-order valence-corrected chi connectivity index (χ4v) is 3.77. The Balaban J connectivity index is 1.84. The summed E-state index contributed by atoms with van der Waals surface area (Å²) in [5, 5.41) is 0. The quantitative estimate of drug-likeness (QED) is 0.838. The van der Waals surface area contributed by atoms with E-state index in [1.54, 1.807) is 0 Å². The summed E-state index contributed by atoms with van der Waals surface area (Å²) in [4.78, 5) is 14.5. The summed E-state index contributed by atoms with van der Waals surface area (Å²) in [5.74, 6) is 2.33. The molecule has 4 unspecified atom stereocenters. The molecular formula is C15H28N2O. The van der Waals surface area contributed by atoms with E-state index in [1.807, 2.05) is 0 Å². The van der Waals surface area contributed by atoms with Crippen LogP contribution in [0.1, 0.15) is 52.4 Å². The molecule has 1 saturated heterocycles. The minimum atomic E-state index is 0.373. The molecule has 1 heterocycles. The van der Waals surface area contributed by atoms with Crippen molar-refractivity contribution in [1.82, 2.24) is 4.90 Å². The molecule has 0 aromatic heterocycles. The van der Waals surface area contributed by atoms with Crippen LogP contribution in [0.25, 0.3) is 0 Å². The Kier molecular flexibility index (Phi) is 4.66. The lowest BCUT2D eigenvalue weighted by Crippen LogP contribution is -2.36. The lowest BCUT2D eigenvalue weighted by atomic mass is 9.80. The number of hydrogen-bond donors (Lipinski definition) is 1. The SMILES string of the molecule is CC1CCCC(CC(=O)N2CC(CN)CC2C)C1. The zero-order valence-corrected chi connectivity index (χ0v) is 11.9. The molecule has 0 spiro atoms. The van der Waals surface area contributed by atoms with Crippen LogP contribution in [-0.2, 0) is 4.79 Å². The fourth-order valence-electron chi connectivity index (χ4n) is 3.77. The topological polar surface area (TPSA) is 46.3 Å². The van der Waals surface area contributed by atoms with Gasteiger partial charge in [-0.15, -0.1) is 0 Å². The van der Waals surface area contributed by atoms with Crippen molar-refractivity contribution in [3.05, 3.63) is 0 Å². The van der Waals surface area contributed by atoms with Crippen molar-refractivity contribution in [2.75, 3.05) is 13.1 Å². The zero-order valence-electron chi connectivity index (χ0n) is 11.9. The highest BCUT2D eigenvalue weighted by molar-refractivity contribution is 5.77. The molecule has 2 aliphatic rings. The number of nitrogens with zero attached hydrogens (tertiary/aromatic N) is 1. The average molecular weight is 252 g/mol. The molecule has 3 nitrogen and oxygen atoms in total. The molecule has 3 heteroatoms. The maximum absolute atomic E-state index is 12.4. The monoisotopic (exact) mass is 252 g/mol. The molecule has 2 N–H and O–H groups in total. The van der Waals surface area contributed by atoms with Gasteiger partial charge in [0.05, 0.1) is 0 Å². The van der Waals surface area contributed by atoms with Gasteiger partial charge in [-0.05, 0) is 50.5 Å². The van der Waals surface area contributed by atoms with Gasteiger partial charge in [0.2, 0.25) is 5.91 Å². The van der Waals surface area contributed by atoms with Crippen molar-refractivity contribution in [2.24, 2.45) is 23.5 Å². The van der Waals surface area contributed by atoms with Crippen LogP contribution in [0, 0.1) is 17.8 Å². The first-order valence-corrected chi connectivity index (χ1v) is 7.59.